The van der Waals surface area contributed by atoms with Gasteiger partial charge in [0.2, 0.25) is 0 Å². The van der Waals surface area contributed by atoms with Crippen LogP contribution < -0.4 is 10.6 Å². The number of hydrogen-bond acceptors (Lipinski definition) is 3. The largest absolute Gasteiger partial charge is 0.372 e. The van der Waals surface area contributed by atoms with E-state index in [1.54, 1.807) is 21.0 Å². The molecule has 0 saturated carbocycles. The Bertz CT molecular complexity index is 468. The summed E-state index contributed by atoms with van der Waals surface area (Å²) in [5.41, 5.74) is 0.342. The van der Waals surface area contributed by atoms with Crippen molar-refractivity contribution in [3.8, 4) is 0 Å². The lowest BCUT2D eigenvalue weighted by atomic mass is 9.90. The molecule has 0 bridgehead atoms. The van der Waals surface area contributed by atoms with Gasteiger partial charge in [0.1, 0.15) is 5.60 Å². The fraction of sp³-hybridized carbons (Fsp3) is 0.500. The monoisotopic (exact) mass is 292 g/mol. The fourth-order valence-electron chi connectivity index (χ4n) is 2.14. The lowest BCUT2D eigenvalue weighted by Gasteiger charge is -2.32. The van der Waals surface area contributed by atoms with Crippen LogP contribution in [0.25, 0.3) is 0 Å². The van der Waals surface area contributed by atoms with E-state index in [-0.39, 0.29) is 12.6 Å². The van der Waals surface area contributed by atoms with Gasteiger partial charge in [-0.15, -0.1) is 0 Å². The Labute approximate surface area is 126 Å². The first kappa shape index (κ1) is 17.2. The molecule has 2 amide bonds. The van der Waals surface area contributed by atoms with Gasteiger partial charge in [-0.1, -0.05) is 37.3 Å². The minimum Gasteiger partial charge on any atom is -0.372 e. The van der Waals surface area contributed by atoms with Crippen molar-refractivity contribution in [2.75, 3.05) is 13.7 Å². The molecule has 1 aromatic rings. The molecule has 5 heteroatoms. The average molecular weight is 292 g/mol. The van der Waals surface area contributed by atoms with Crippen molar-refractivity contribution in [3.05, 3.63) is 35.9 Å². The van der Waals surface area contributed by atoms with Gasteiger partial charge in [-0.2, -0.15) is 0 Å². The number of benzene rings is 1. The Morgan fingerprint density at radius 1 is 1.19 bits per heavy atom. The van der Waals surface area contributed by atoms with E-state index in [0.717, 1.165) is 5.56 Å². The third-order valence-electron chi connectivity index (χ3n) is 3.42. The Balaban J connectivity index is 2.77. The molecule has 5 nitrogen and oxygen atoms in total. The van der Waals surface area contributed by atoms with Crippen molar-refractivity contribution in [2.45, 2.75) is 38.8 Å². The molecular formula is C16H24N2O3. The number of methoxy groups -OCH3 is 1. The summed E-state index contributed by atoms with van der Waals surface area (Å²) in [6.45, 7) is 5.84. The number of ether oxygens (including phenoxy) is 1. The highest BCUT2D eigenvalue weighted by molar-refractivity contribution is 6.35. The molecule has 0 spiro atoms. The number of amides is 2. The Morgan fingerprint density at radius 3 is 2.29 bits per heavy atom. The van der Waals surface area contributed by atoms with Crippen molar-refractivity contribution in [1.82, 2.24) is 10.6 Å². The maximum Gasteiger partial charge on any atom is 0.309 e. The zero-order chi connectivity index (χ0) is 15.9. The van der Waals surface area contributed by atoms with Gasteiger partial charge < -0.3 is 15.4 Å². The molecule has 0 aromatic heterocycles. The van der Waals surface area contributed by atoms with Gasteiger partial charge in [-0.25, -0.2) is 0 Å². The second kappa shape index (κ2) is 7.78. The second-order valence-electron chi connectivity index (χ2n) is 5.23. The summed E-state index contributed by atoms with van der Waals surface area (Å²) in [6.07, 6.45) is 0.680. The zero-order valence-corrected chi connectivity index (χ0v) is 13.1. The van der Waals surface area contributed by atoms with Crippen molar-refractivity contribution >= 4 is 11.8 Å². The predicted octanol–water partition coefficient (Wildman–Crippen LogP) is 1.58. The molecule has 0 saturated heterocycles. The molecule has 1 aromatic carbocycles. The van der Waals surface area contributed by atoms with E-state index < -0.39 is 17.4 Å². The molecule has 0 heterocycles. The van der Waals surface area contributed by atoms with Crippen molar-refractivity contribution in [1.29, 1.82) is 0 Å². The summed E-state index contributed by atoms with van der Waals surface area (Å²) in [7, 11) is 1.61. The Hall–Kier alpha value is -1.88. The van der Waals surface area contributed by atoms with Crippen molar-refractivity contribution in [2.24, 2.45) is 0 Å². The lowest BCUT2D eigenvalue weighted by molar-refractivity contribution is -0.140. The number of rotatable bonds is 6. The van der Waals surface area contributed by atoms with E-state index in [2.05, 4.69) is 10.6 Å². The third kappa shape index (κ3) is 4.56. The maximum atomic E-state index is 11.8. The standard InChI is InChI=1S/C16H24N2O3/c1-5-16(21-4,13-9-7-6-8-10-13)11-17-14(19)15(20)18-12(2)3/h6-10,12H,5,11H2,1-4H3,(H,17,19)(H,18,20). The SMILES string of the molecule is CCC(CNC(=O)C(=O)NC(C)C)(OC)c1ccccc1. The zero-order valence-electron chi connectivity index (χ0n) is 13.1. The van der Waals surface area contributed by atoms with Crippen LogP contribution in [0.4, 0.5) is 0 Å². The van der Waals surface area contributed by atoms with Gasteiger partial charge in [0.15, 0.2) is 0 Å². The fourth-order valence-corrected chi connectivity index (χ4v) is 2.14. The minimum atomic E-state index is -0.644. The van der Waals surface area contributed by atoms with Crippen LogP contribution in [0.5, 0.6) is 0 Å². The summed E-state index contributed by atoms with van der Waals surface area (Å²) in [5, 5.41) is 5.22. The van der Waals surface area contributed by atoms with Crippen LogP contribution in [0, 0.1) is 0 Å². The van der Waals surface area contributed by atoms with Crippen LogP contribution >= 0.6 is 0 Å². The normalized spacial score (nSPS) is 13.6. The number of hydrogen-bond donors (Lipinski definition) is 2. The molecule has 21 heavy (non-hydrogen) atoms. The molecule has 0 aliphatic heterocycles. The quantitative estimate of drug-likeness (QED) is 0.782. The lowest BCUT2D eigenvalue weighted by Crippen LogP contribution is -2.48. The molecule has 2 N–H and O–H groups in total. The van der Waals surface area contributed by atoms with Crippen molar-refractivity contribution in [3.63, 3.8) is 0 Å². The highest BCUT2D eigenvalue weighted by Crippen LogP contribution is 2.27. The van der Waals surface area contributed by atoms with Gasteiger partial charge >= 0.3 is 11.8 Å². The first-order valence-corrected chi connectivity index (χ1v) is 7.14. The number of nitrogens with one attached hydrogen (secondary N) is 2. The highest BCUT2D eigenvalue weighted by atomic mass is 16.5. The van der Waals surface area contributed by atoms with Gasteiger partial charge in [-0.3, -0.25) is 9.59 Å². The van der Waals surface area contributed by atoms with Crippen LogP contribution in [0.15, 0.2) is 30.3 Å². The van der Waals surface area contributed by atoms with Crippen LogP contribution in [-0.2, 0) is 19.9 Å². The summed E-state index contributed by atoms with van der Waals surface area (Å²) >= 11 is 0. The predicted molar refractivity (Wildman–Crippen MR) is 81.7 cm³/mol. The molecule has 1 rings (SSSR count). The summed E-state index contributed by atoms with van der Waals surface area (Å²) in [6, 6.07) is 9.60. The molecule has 0 fully saturated rings. The number of carbonyl (C=O) groups is 2. The van der Waals surface area contributed by atoms with E-state index >= 15 is 0 Å². The Morgan fingerprint density at radius 2 is 1.81 bits per heavy atom. The summed E-state index contributed by atoms with van der Waals surface area (Å²) < 4.78 is 5.64. The van der Waals surface area contributed by atoms with Crippen LogP contribution in [-0.4, -0.2) is 31.5 Å². The van der Waals surface area contributed by atoms with Crippen molar-refractivity contribution < 1.29 is 14.3 Å². The average Bonchev–Trinajstić information content (AvgIpc) is 2.49. The van der Waals surface area contributed by atoms with Crippen LogP contribution in [0.3, 0.4) is 0 Å². The molecule has 0 aliphatic rings. The molecule has 0 aliphatic carbocycles. The summed E-state index contributed by atoms with van der Waals surface area (Å²) in [4.78, 5) is 23.4. The molecule has 1 unspecified atom stereocenters. The maximum absolute atomic E-state index is 11.8. The first-order chi connectivity index (χ1) is 9.95. The first-order valence-electron chi connectivity index (χ1n) is 7.14. The highest BCUT2D eigenvalue weighted by Gasteiger charge is 2.31. The van der Waals surface area contributed by atoms with Gasteiger partial charge in [0, 0.05) is 13.2 Å². The Kier molecular flexibility index (Phi) is 6.37. The van der Waals surface area contributed by atoms with E-state index in [1.807, 2.05) is 37.3 Å². The van der Waals surface area contributed by atoms with Gasteiger partial charge in [0.25, 0.3) is 0 Å². The minimum absolute atomic E-state index is 0.0734. The molecule has 0 radical (unpaired) electrons. The van der Waals surface area contributed by atoms with E-state index in [9.17, 15) is 9.59 Å². The van der Waals surface area contributed by atoms with E-state index in [0.29, 0.717) is 6.42 Å². The molecular weight excluding hydrogens is 268 g/mol. The van der Waals surface area contributed by atoms with E-state index in [1.165, 1.54) is 0 Å². The topological polar surface area (TPSA) is 67.4 Å². The van der Waals surface area contributed by atoms with Crippen LogP contribution in [0.1, 0.15) is 32.8 Å². The van der Waals surface area contributed by atoms with Crippen LogP contribution in [0.2, 0.25) is 0 Å². The summed E-state index contributed by atoms with van der Waals surface area (Å²) in [5.74, 6) is -1.27. The molecule has 116 valence electrons. The second-order valence-corrected chi connectivity index (χ2v) is 5.23. The van der Waals surface area contributed by atoms with E-state index in [4.69, 9.17) is 4.74 Å². The smallest absolute Gasteiger partial charge is 0.309 e. The van der Waals surface area contributed by atoms with Gasteiger partial charge in [-0.05, 0) is 25.8 Å². The molecule has 1 atom stereocenters. The third-order valence-corrected chi connectivity index (χ3v) is 3.42. The van der Waals surface area contributed by atoms with Gasteiger partial charge in [0.05, 0.1) is 6.54 Å². The number of carbonyl (C=O) groups excluding carboxylic acids is 2.